The third kappa shape index (κ3) is 4.69. The third-order valence-electron chi connectivity index (χ3n) is 8.91. The Bertz CT molecular complexity index is 1670. The molecule has 0 N–H and O–H groups in total. The van der Waals surface area contributed by atoms with Crippen LogP contribution in [0.1, 0.15) is 93.3 Å². The first-order chi connectivity index (χ1) is 18.9. The van der Waals surface area contributed by atoms with Crippen LogP contribution in [0.3, 0.4) is 0 Å². The molecule has 0 saturated carbocycles. The summed E-state index contributed by atoms with van der Waals surface area (Å²) in [5, 5.41) is 2.71. The summed E-state index contributed by atoms with van der Waals surface area (Å²) in [7, 11) is 0. The van der Waals surface area contributed by atoms with Gasteiger partial charge in [0.25, 0.3) is 0 Å². The third-order valence-corrected chi connectivity index (χ3v) is 21.1. The minimum atomic E-state index is -2.64. The molecule has 202 valence electrons. The number of fused-ring (bicyclic) bond motifs is 4. The van der Waals surface area contributed by atoms with Crippen LogP contribution in [0, 0.1) is 0 Å². The Hall–Kier alpha value is -2.64. The Balaban J connectivity index is 1.63. The summed E-state index contributed by atoms with van der Waals surface area (Å²) >= 11 is -2.64. The van der Waals surface area contributed by atoms with Gasteiger partial charge in [-0.1, -0.05) is 0 Å². The topological polar surface area (TPSA) is 0 Å². The summed E-state index contributed by atoms with van der Waals surface area (Å²) < 4.78 is 3.99. The second-order valence-corrected chi connectivity index (χ2v) is 24.8. The van der Waals surface area contributed by atoms with Crippen LogP contribution in [0.5, 0.6) is 0 Å². The molecule has 0 aromatic heterocycles. The van der Waals surface area contributed by atoms with E-state index in [9.17, 15) is 0 Å². The van der Waals surface area contributed by atoms with E-state index in [1.54, 1.807) is 17.7 Å². The first-order valence-electron chi connectivity index (χ1n) is 14.8. The number of hydrogen-bond donors (Lipinski definition) is 0. The second kappa shape index (κ2) is 10.0. The Labute approximate surface area is 248 Å². The Morgan fingerprint density at radius 1 is 0.675 bits per heavy atom. The predicted molar refractivity (Wildman–Crippen MR) is 172 cm³/mol. The van der Waals surface area contributed by atoms with Gasteiger partial charge in [-0.05, 0) is 0 Å². The number of benzene rings is 4. The van der Waals surface area contributed by atoms with Crippen molar-refractivity contribution in [3.8, 4) is 11.1 Å². The van der Waals surface area contributed by atoms with Crippen LogP contribution < -0.4 is 0 Å². The van der Waals surface area contributed by atoms with Gasteiger partial charge in [0.05, 0.1) is 0 Å². The quantitative estimate of drug-likeness (QED) is 0.188. The van der Waals surface area contributed by atoms with Gasteiger partial charge in [-0.3, -0.25) is 0 Å². The number of allylic oxidation sites excluding steroid dienone is 4. The van der Waals surface area contributed by atoms with Crippen molar-refractivity contribution in [1.82, 2.24) is 0 Å². The summed E-state index contributed by atoms with van der Waals surface area (Å²) in [6, 6.07) is 30.6. The van der Waals surface area contributed by atoms with Crippen LogP contribution >= 0.6 is 0 Å². The molecule has 4 aromatic carbocycles. The zero-order chi connectivity index (χ0) is 28.4. The molecule has 40 heavy (non-hydrogen) atoms. The SMILES string of the molecule is C[C](C)=[Hf]([C]1=C(c2cccc3ccccc23)C=CC1)[CH]1c2cc(C(C)(C)C)ccc2-c2ccc(C(C)(C)C)cc21. The summed E-state index contributed by atoms with van der Waals surface area (Å²) in [6.07, 6.45) is 5.98. The van der Waals surface area contributed by atoms with Crippen LogP contribution in [0.25, 0.3) is 27.5 Å². The normalized spacial score (nSPS) is 15.1. The van der Waals surface area contributed by atoms with Crippen molar-refractivity contribution in [3.05, 3.63) is 122 Å². The summed E-state index contributed by atoms with van der Waals surface area (Å²) in [6.45, 7) is 19.0. The molecule has 0 heterocycles. The molecule has 0 saturated heterocycles. The van der Waals surface area contributed by atoms with Crippen molar-refractivity contribution in [3.63, 3.8) is 0 Å². The van der Waals surface area contributed by atoms with Gasteiger partial charge in [0.15, 0.2) is 0 Å². The molecule has 0 nitrogen and oxygen atoms in total. The molecule has 0 spiro atoms. The molecule has 0 atom stereocenters. The molecular formula is C39H42Hf. The van der Waals surface area contributed by atoms with Gasteiger partial charge in [0, 0.05) is 0 Å². The average Bonchev–Trinajstić information content (AvgIpc) is 3.50. The molecule has 6 rings (SSSR count). The fourth-order valence-electron chi connectivity index (χ4n) is 6.74. The van der Waals surface area contributed by atoms with Crippen molar-refractivity contribution in [2.75, 3.05) is 0 Å². The van der Waals surface area contributed by atoms with Gasteiger partial charge in [-0.2, -0.15) is 0 Å². The van der Waals surface area contributed by atoms with Crippen molar-refractivity contribution in [2.24, 2.45) is 0 Å². The maximum absolute atomic E-state index is 2.64. The van der Waals surface area contributed by atoms with E-state index in [0.717, 1.165) is 6.42 Å². The van der Waals surface area contributed by atoms with Gasteiger partial charge in [-0.25, -0.2) is 0 Å². The van der Waals surface area contributed by atoms with E-state index >= 15 is 0 Å². The van der Waals surface area contributed by atoms with E-state index in [1.165, 1.54) is 44.2 Å². The fraction of sp³-hybridized carbons (Fsp3) is 0.308. The summed E-state index contributed by atoms with van der Waals surface area (Å²) in [5.41, 5.74) is 12.2. The molecule has 1 heteroatoms. The maximum atomic E-state index is 2.59. The van der Waals surface area contributed by atoms with Crippen molar-refractivity contribution >= 4 is 19.6 Å². The van der Waals surface area contributed by atoms with Crippen LogP contribution in [-0.4, -0.2) is 3.26 Å². The van der Waals surface area contributed by atoms with E-state index in [1.807, 2.05) is 0 Å². The molecule has 2 aliphatic carbocycles. The predicted octanol–water partition coefficient (Wildman–Crippen LogP) is 10.7. The molecule has 0 fully saturated rings. The molecule has 4 aromatic rings. The minimum absolute atomic E-state index is 0.129. The average molecular weight is 689 g/mol. The first kappa shape index (κ1) is 27.5. The molecule has 0 radical (unpaired) electrons. The van der Waals surface area contributed by atoms with Gasteiger partial charge >= 0.3 is 250 Å². The Morgan fingerprint density at radius 2 is 1.25 bits per heavy atom. The summed E-state index contributed by atoms with van der Waals surface area (Å²) in [4.78, 5) is 0. The molecule has 0 amide bonds. The number of hydrogen-bond acceptors (Lipinski definition) is 0. The van der Waals surface area contributed by atoms with Gasteiger partial charge < -0.3 is 0 Å². The van der Waals surface area contributed by atoms with E-state index in [0.29, 0.717) is 3.67 Å². The van der Waals surface area contributed by atoms with E-state index in [2.05, 4.69) is 146 Å². The second-order valence-electron chi connectivity index (χ2n) is 14.0. The Morgan fingerprint density at radius 3 is 1.82 bits per heavy atom. The van der Waals surface area contributed by atoms with Gasteiger partial charge in [0.1, 0.15) is 0 Å². The molecular weight excluding hydrogens is 647 g/mol. The van der Waals surface area contributed by atoms with E-state index in [-0.39, 0.29) is 10.8 Å². The van der Waals surface area contributed by atoms with Crippen molar-refractivity contribution in [2.45, 2.75) is 76.3 Å². The zero-order valence-electron chi connectivity index (χ0n) is 25.4. The van der Waals surface area contributed by atoms with Crippen LogP contribution in [-0.2, 0) is 31.8 Å². The van der Waals surface area contributed by atoms with E-state index < -0.39 is 21.0 Å². The van der Waals surface area contributed by atoms with Crippen molar-refractivity contribution < 1.29 is 21.0 Å². The zero-order valence-corrected chi connectivity index (χ0v) is 29.0. The van der Waals surface area contributed by atoms with Crippen LogP contribution in [0.15, 0.2) is 94.3 Å². The molecule has 2 aliphatic rings. The molecule has 0 aliphatic heterocycles. The van der Waals surface area contributed by atoms with Crippen LogP contribution in [0.4, 0.5) is 0 Å². The fourth-order valence-corrected chi connectivity index (χ4v) is 19.2. The van der Waals surface area contributed by atoms with Crippen molar-refractivity contribution in [1.29, 1.82) is 0 Å². The standard InChI is InChI=1S/C21H25.C15H11.C3H6.Hf/c1-20(2,3)16-7-9-18-14(12-16)11-15-13-17(21(4,5)6)8-10-19(15)18;1-2-7-12(6-1)15-11-5-9-13-8-3-4-10-14(13)15;1-3-2;/h7-13H,1-6H3;1,3-6,8-11H,2H2;1-2H3;. The monoisotopic (exact) mass is 690 g/mol. The van der Waals surface area contributed by atoms with Gasteiger partial charge in [-0.15, -0.1) is 0 Å². The first-order valence-corrected chi connectivity index (χ1v) is 20.5. The summed E-state index contributed by atoms with van der Waals surface area (Å²) in [5.74, 6) is 0. The van der Waals surface area contributed by atoms with Gasteiger partial charge in [0.2, 0.25) is 0 Å². The Kier molecular flexibility index (Phi) is 6.89. The molecule has 0 unspecified atom stereocenters. The van der Waals surface area contributed by atoms with E-state index in [4.69, 9.17) is 0 Å². The number of rotatable bonds is 3. The van der Waals surface area contributed by atoms with Crippen LogP contribution in [0.2, 0.25) is 0 Å². The molecule has 0 bridgehead atoms.